The van der Waals surface area contributed by atoms with Gasteiger partial charge in [-0.1, -0.05) is 18.2 Å². The molecule has 0 aliphatic rings. The molecule has 0 bridgehead atoms. The van der Waals surface area contributed by atoms with E-state index in [0.717, 1.165) is 17.1 Å². The number of fused-ring (bicyclic) bond motifs is 1. The average molecular weight is 230 g/mol. The minimum Gasteiger partial charge on any atom is -0.287 e. The van der Waals surface area contributed by atoms with Crippen molar-refractivity contribution in [2.45, 2.75) is 6.92 Å². The second kappa shape index (κ2) is 4.21. The van der Waals surface area contributed by atoms with Crippen LogP contribution in [0.2, 0.25) is 0 Å². The van der Waals surface area contributed by atoms with E-state index in [1.807, 2.05) is 18.2 Å². The predicted octanol–water partition coefficient (Wildman–Crippen LogP) is 2.55. The van der Waals surface area contributed by atoms with Crippen LogP contribution in [-0.2, 0) is 0 Å². The molecule has 17 heavy (non-hydrogen) atoms. The predicted molar refractivity (Wildman–Crippen MR) is 64.3 cm³/mol. The Morgan fingerprint density at radius 2 is 2.12 bits per heavy atom. The lowest BCUT2D eigenvalue weighted by molar-refractivity contribution is -0.400. The molecule has 1 aromatic heterocycles. The molecule has 86 valence electrons. The highest BCUT2D eigenvalue weighted by atomic mass is 16.6. The van der Waals surface area contributed by atoms with Gasteiger partial charge in [0.05, 0.1) is 10.4 Å². The smallest absolute Gasteiger partial charge is 0.235 e. The summed E-state index contributed by atoms with van der Waals surface area (Å²) in [7, 11) is 0. The lowest BCUT2D eigenvalue weighted by Crippen LogP contribution is -2.02. The minimum absolute atomic E-state index is 0.123. The maximum absolute atomic E-state index is 11.4. The first kappa shape index (κ1) is 11.1. The summed E-state index contributed by atoms with van der Waals surface area (Å²) in [4.78, 5) is 21.2. The Morgan fingerprint density at radius 1 is 1.41 bits per heavy atom. The van der Waals surface area contributed by atoms with Crippen LogP contribution in [0.5, 0.6) is 0 Å². The van der Waals surface area contributed by atoms with Crippen LogP contribution in [0.15, 0.2) is 36.7 Å². The molecule has 0 aliphatic heterocycles. The molecule has 0 amide bonds. The fourth-order valence-electron chi connectivity index (χ4n) is 1.74. The number of nitrogens with zero attached hydrogens (tertiary/aromatic N) is 2. The van der Waals surface area contributed by atoms with Crippen molar-refractivity contribution in [1.82, 2.24) is 4.57 Å². The lowest BCUT2D eigenvalue weighted by Gasteiger charge is -1.96. The number of nitro groups is 1. The van der Waals surface area contributed by atoms with Crippen LogP contribution in [0.25, 0.3) is 17.0 Å². The van der Waals surface area contributed by atoms with Crippen molar-refractivity contribution >= 4 is 22.9 Å². The van der Waals surface area contributed by atoms with Gasteiger partial charge < -0.3 is 0 Å². The third-order valence-electron chi connectivity index (χ3n) is 2.46. The van der Waals surface area contributed by atoms with E-state index in [2.05, 4.69) is 0 Å². The van der Waals surface area contributed by atoms with Gasteiger partial charge in [0.1, 0.15) is 0 Å². The summed E-state index contributed by atoms with van der Waals surface area (Å²) in [6.07, 6.45) is 3.86. The molecule has 5 heteroatoms. The zero-order valence-electron chi connectivity index (χ0n) is 9.16. The largest absolute Gasteiger partial charge is 0.287 e. The number of aromatic nitrogens is 1. The number of carbonyl (C=O) groups is 1. The normalized spacial score (nSPS) is 11.1. The number of carbonyl (C=O) groups excluding carboxylic acids is 1. The van der Waals surface area contributed by atoms with Crippen LogP contribution in [0.3, 0.4) is 0 Å². The van der Waals surface area contributed by atoms with Gasteiger partial charge in [-0.3, -0.25) is 19.5 Å². The average Bonchev–Trinajstić information content (AvgIpc) is 2.65. The first-order valence-corrected chi connectivity index (χ1v) is 5.02. The summed E-state index contributed by atoms with van der Waals surface area (Å²) in [5, 5.41) is 11.1. The van der Waals surface area contributed by atoms with Crippen LogP contribution in [0, 0.1) is 10.1 Å². The van der Waals surface area contributed by atoms with E-state index in [-0.39, 0.29) is 5.91 Å². The van der Waals surface area contributed by atoms with E-state index in [4.69, 9.17) is 0 Å². The molecule has 0 saturated heterocycles. The maximum Gasteiger partial charge on any atom is 0.235 e. The Bertz CT molecular complexity index is 626. The van der Waals surface area contributed by atoms with Crippen molar-refractivity contribution in [2.24, 2.45) is 0 Å². The molecule has 1 aromatic carbocycles. The van der Waals surface area contributed by atoms with Crippen molar-refractivity contribution in [3.05, 3.63) is 52.3 Å². The number of para-hydroxylation sites is 1. The maximum atomic E-state index is 11.4. The van der Waals surface area contributed by atoms with E-state index >= 15 is 0 Å². The van der Waals surface area contributed by atoms with Crippen molar-refractivity contribution in [3.63, 3.8) is 0 Å². The molecule has 1 heterocycles. The molecule has 0 aliphatic carbocycles. The van der Waals surface area contributed by atoms with Crippen molar-refractivity contribution in [1.29, 1.82) is 0 Å². The Labute approximate surface area is 97.1 Å². The number of benzene rings is 1. The van der Waals surface area contributed by atoms with Crippen LogP contribution in [0.1, 0.15) is 17.3 Å². The summed E-state index contributed by atoms with van der Waals surface area (Å²) in [6.45, 7) is 1.45. The highest BCUT2D eigenvalue weighted by molar-refractivity contribution is 5.96. The molecular formula is C12H10N2O3. The molecule has 5 nitrogen and oxygen atoms in total. The first-order valence-electron chi connectivity index (χ1n) is 5.02. The molecule has 0 unspecified atom stereocenters. The highest BCUT2D eigenvalue weighted by Gasteiger charge is 2.08. The van der Waals surface area contributed by atoms with E-state index < -0.39 is 4.92 Å². The second-order valence-electron chi connectivity index (χ2n) is 3.59. The Kier molecular flexibility index (Phi) is 2.74. The van der Waals surface area contributed by atoms with E-state index in [1.54, 1.807) is 12.3 Å². The van der Waals surface area contributed by atoms with Gasteiger partial charge in [0.2, 0.25) is 12.1 Å². The summed E-state index contributed by atoms with van der Waals surface area (Å²) in [5.41, 5.74) is 1.41. The fraction of sp³-hybridized carbons (Fsp3) is 0.0833. The molecule has 0 radical (unpaired) electrons. The highest BCUT2D eigenvalue weighted by Crippen LogP contribution is 2.22. The topological polar surface area (TPSA) is 65.1 Å². The van der Waals surface area contributed by atoms with Gasteiger partial charge in [-0.15, -0.1) is 0 Å². The summed E-state index contributed by atoms with van der Waals surface area (Å²) in [5.74, 6) is -0.123. The molecule has 0 fully saturated rings. The molecule has 0 spiro atoms. The summed E-state index contributed by atoms with van der Waals surface area (Å²) >= 11 is 0. The van der Waals surface area contributed by atoms with Gasteiger partial charge in [-0.25, -0.2) is 0 Å². The summed E-state index contributed by atoms with van der Waals surface area (Å²) < 4.78 is 1.48. The van der Waals surface area contributed by atoms with Crippen LogP contribution >= 0.6 is 0 Å². The van der Waals surface area contributed by atoms with Crippen LogP contribution in [0.4, 0.5) is 0 Å². The zero-order chi connectivity index (χ0) is 12.4. The van der Waals surface area contributed by atoms with Crippen LogP contribution in [-0.4, -0.2) is 15.4 Å². The number of rotatable bonds is 2. The molecule has 0 N–H and O–H groups in total. The van der Waals surface area contributed by atoms with E-state index in [0.29, 0.717) is 5.56 Å². The van der Waals surface area contributed by atoms with Gasteiger partial charge in [-0.2, -0.15) is 0 Å². The Balaban J connectivity index is 2.64. The molecule has 0 saturated carbocycles. The van der Waals surface area contributed by atoms with Crippen molar-refractivity contribution in [3.8, 4) is 0 Å². The monoisotopic (exact) mass is 230 g/mol. The van der Waals surface area contributed by atoms with Crippen LogP contribution < -0.4 is 0 Å². The van der Waals surface area contributed by atoms with Crippen molar-refractivity contribution < 1.29 is 9.72 Å². The third-order valence-corrected chi connectivity index (χ3v) is 2.46. The third kappa shape index (κ3) is 2.08. The molecule has 2 aromatic rings. The fourth-order valence-corrected chi connectivity index (χ4v) is 1.74. The number of hydrogen-bond acceptors (Lipinski definition) is 3. The van der Waals surface area contributed by atoms with E-state index in [9.17, 15) is 14.9 Å². The van der Waals surface area contributed by atoms with Gasteiger partial charge >= 0.3 is 0 Å². The lowest BCUT2D eigenvalue weighted by atomic mass is 10.2. The minimum atomic E-state index is -0.528. The van der Waals surface area contributed by atoms with Gasteiger partial charge in [0, 0.05) is 30.1 Å². The van der Waals surface area contributed by atoms with Gasteiger partial charge in [0.25, 0.3) is 0 Å². The molecular weight excluding hydrogens is 220 g/mol. The molecule has 0 atom stereocenters. The van der Waals surface area contributed by atoms with E-state index in [1.165, 1.54) is 17.6 Å². The standard InChI is InChI=1S/C12H10N2O3/c1-9(15)13-8-10(6-7-14(16)17)11-4-2-3-5-12(11)13/h2-8H,1H3. The Hall–Kier alpha value is -2.43. The van der Waals surface area contributed by atoms with Crippen molar-refractivity contribution in [2.75, 3.05) is 0 Å². The second-order valence-corrected chi connectivity index (χ2v) is 3.59. The summed E-state index contributed by atoms with van der Waals surface area (Å²) in [6, 6.07) is 7.29. The molecule has 2 rings (SSSR count). The SMILES string of the molecule is CC(=O)n1cc(C=C[N+](=O)[O-])c2ccccc21. The Morgan fingerprint density at radius 3 is 2.76 bits per heavy atom. The number of hydrogen-bond donors (Lipinski definition) is 0. The first-order chi connectivity index (χ1) is 8.09. The van der Waals surface area contributed by atoms with Gasteiger partial charge in [0.15, 0.2) is 0 Å². The quantitative estimate of drug-likeness (QED) is 0.588. The van der Waals surface area contributed by atoms with Gasteiger partial charge in [-0.05, 0) is 6.07 Å². The zero-order valence-corrected chi connectivity index (χ0v) is 9.16.